The first-order chi connectivity index (χ1) is 13.5. The summed E-state index contributed by atoms with van der Waals surface area (Å²) in [6.45, 7) is 3.79. The van der Waals surface area contributed by atoms with Gasteiger partial charge < -0.3 is 15.7 Å². The number of nitrogens with zero attached hydrogens (tertiary/aromatic N) is 3. The number of nitrogens with one attached hydrogen (secondary N) is 2. The fraction of sp³-hybridized carbons (Fsp3) is 0.250. The summed E-state index contributed by atoms with van der Waals surface area (Å²) in [6, 6.07) is 10.2. The Bertz CT molecular complexity index is 917. The van der Waals surface area contributed by atoms with Gasteiger partial charge in [-0.05, 0) is 30.2 Å². The number of aromatic nitrogens is 3. The molecule has 146 valence electrons. The molecule has 0 fully saturated rings. The molecule has 3 rings (SSSR count). The zero-order valence-electron chi connectivity index (χ0n) is 15.5. The van der Waals surface area contributed by atoms with Gasteiger partial charge in [0.05, 0.1) is 24.0 Å². The van der Waals surface area contributed by atoms with Gasteiger partial charge in [-0.15, -0.1) is 0 Å². The Morgan fingerprint density at radius 2 is 1.75 bits per heavy atom. The number of para-hydroxylation sites is 1. The molecule has 0 unspecified atom stereocenters. The van der Waals surface area contributed by atoms with Gasteiger partial charge in [-0.2, -0.15) is 4.98 Å². The number of hydrogen-bond acceptors (Lipinski definition) is 6. The van der Waals surface area contributed by atoms with E-state index < -0.39 is 11.6 Å². The second kappa shape index (κ2) is 8.71. The Kier molecular flexibility index (Phi) is 6.10. The molecule has 1 atom stereocenters. The number of anilines is 3. The summed E-state index contributed by atoms with van der Waals surface area (Å²) in [6.07, 6.45) is 1.62. The first-order valence-electron chi connectivity index (χ1n) is 8.87. The normalized spacial score (nSPS) is 12.1. The Morgan fingerprint density at radius 1 is 1.00 bits per heavy atom. The fourth-order valence-electron chi connectivity index (χ4n) is 2.56. The Morgan fingerprint density at radius 3 is 2.36 bits per heavy atom. The fourth-order valence-corrected chi connectivity index (χ4v) is 2.56. The summed E-state index contributed by atoms with van der Waals surface area (Å²) < 4.78 is 28.0. The highest BCUT2D eigenvalue weighted by atomic mass is 19.1. The van der Waals surface area contributed by atoms with Crippen molar-refractivity contribution in [1.29, 1.82) is 0 Å². The highest BCUT2D eigenvalue weighted by Gasteiger charge is 2.16. The third kappa shape index (κ3) is 4.58. The van der Waals surface area contributed by atoms with Crippen LogP contribution in [-0.2, 0) is 0 Å². The molecule has 2 aromatic heterocycles. The van der Waals surface area contributed by atoms with Crippen molar-refractivity contribution in [3.8, 4) is 11.4 Å². The first kappa shape index (κ1) is 19.6. The molecule has 0 saturated carbocycles. The van der Waals surface area contributed by atoms with Crippen LogP contribution in [0.2, 0.25) is 0 Å². The Labute approximate surface area is 161 Å². The minimum Gasteiger partial charge on any atom is -0.394 e. The topological polar surface area (TPSA) is 83.0 Å². The molecule has 3 N–H and O–H groups in total. The van der Waals surface area contributed by atoms with E-state index in [1.165, 1.54) is 6.07 Å². The number of aliphatic hydroxyl groups excluding tert-OH is 1. The predicted molar refractivity (Wildman–Crippen MR) is 104 cm³/mol. The van der Waals surface area contributed by atoms with E-state index >= 15 is 0 Å². The number of pyridine rings is 1. The van der Waals surface area contributed by atoms with E-state index in [0.29, 0.717) is 11.4 Å². The van der Waals surface area contributed by atoms with Crippen molar-refractivity contribution in [2.45, 2.75) is 19.9 Å². The van der Waals surface area contributed by atoms with Gasteiger partial charge in [0.25, 0.3) is 0 Å². The maximum absolute atomic E-state index is 14.0. The van der Waals surface area contributed by atoms with Crippen LogP contribution in [0.1, 0.15) is 13.8 Å². The van der Waals surface area contributed by atoms with Gasteiger partial charge in [-0.25, -0.2) is 13.8 Å². The molecular formula is C20H21F2N5O. The van der Waals surface area contributed by atoms with Gasteiger partial charge >= 0.3 is 0 Å². The van der Waals surface area contributed by atoms with E-state index in [1.54, 1.807) is 24.4 Å². The van der Waals surface area contributed by atoms with Crippen LogP contribution in [0.5, 0.6) is 0 Å². The molecule has 0 spiro atoms. The van der Waals surface area contributed by atoms with Crippen LogP contribution in [0, 0.1) is 17.6 Å². The van der Waals surface area contributed by atoms with Gasteiger partial charge in [0.2, 0.25) is 5.95 Å². The summed E-state index contributed by atoms with van der Waals surface area (Å²) in [5.41, 5.74) is 0.745. The molecule has 1 aromatic carbocycles. The van der Waals surface area contributed by atoms with Crippen LogP contribution in [0.4, 0.5) is 26.2 Å². The monoisotopic (exact) mass is 385 g/mol. The molecule has 8 heteroatoms. The zero-order chi connectivity index (χ0) is 20.1. The largest absolute Gasteiger partial charge is 0.394 e. The van der Waals surface area contributed by atoms with Crippen molar-refractivity contribution in [3.63, 3.8) is 0 Å². The van der Waals surface area contributed by atoms with Crippen molar-refractivity contribution in [3.05, 3.63) is 60.3 Å². The molecule has 2 heterocycles. The number of benzene rings is 1. The predicted octanol–water partition coefficient (Wildman–Crippen LogP) is 3.99. The highest BCUT2D eigenvalue weighted by molar-refractivity contribution is 5.65. The summed E-state index contributed by atoms with van der Waals surface area (Å²) in [5.74, 6) is -0.934. The second-order valence-corrected chi connectivity index (χ2v) is 6.58. The molecule has 0 aliphatic heterocycles. The van der Waals surface area contributed by atoms with Gasteiger partial charge in [0.1, 0.15) is 23.1 Å². The molecule has 28 heavy (non-hydrogen) atoms. The lowest BCUT2D eigenvalue weighted by molar-refractivity contribution is 0.248. The van der Waals surface area contributed by atoms with Crippen molar-refractivity contribution < 1.29 is 13.9 Å². The molecule has 0 aliphatic rings. The molecule has 3 aromatic rings. The van der Waals surface area contributed by atoms with Crippen molar-refractivity contribution >= 4 is 17.5 Å². The quantitative estimate of drug-likeness (QED) is 0.570. The second-order valence-electron chi connectivity index (χ2n) is 6.58. The average Bonchev–Trinajstić information content (AvgIpc) is 2.69. The molecular weight excluding hydrogens is 364 g/mol. The summed E-state index contributed by atoms with van der Waals surface area (Å²) in [4.78, 5) is 13.0. The minimum absolute atomic E-state index is 0.112. The number of hydrogen-bond donors (Lipinski definition) is 3. The smallest absolute Gasteiger partial charge is 0.225 e. The van der Waals surface area contributed by atoms with Gasteiger partial charge in [0, 0.05) is 12.3 Å². The molecule has 6 nitrogen and oxygen atoms in total. The third-order valence-electron chi connectivity index (χ3n) is 4.19. The maximum atomic E-state index is 14.0. The minimum atomic E-state index is -0.733. The van der Waals surface area contributed by atoms with E-state index in [4.69, 9.17) is 0 Å². The standard InChI is InChI=1S/C20H21F2N5O/c1-12(2)17(11-28)25-20-24-16(15-8-3-4-9-23-15)10-18(27-20)26-19-13(21)6-5-7-14(19)22/h3-10,12,17,28H,11H2,1-2H3,(H2,24,25,26,27)/t17-/m1/s1. The highest BCUT2D eigenvalue weighted by Crippen LogP contribution is 2.26. The van der Waals surface area contributed by atoms with E-state index in [1.807, 2.05) is 19.9 Å². The average molecular weight is 385 g/mol. The van der Waals surface area contributed by atoms with E-state index in [9.17, 15) is 13.9 Å². The van der Waals surface area contributed by atoms with Crippen molar-refractivity contribution in [2.75, 3.05) is 17.2 Å². The summed E-state index contributed by atoms with van der Waals surface area (Å²) >= 11 is 0. The SMILES string of the molecule is CC(C)[C@@H](CO)Nc1nc(Nc2c(F)cccc2F)cc(-c2ccccn2)n1. The van der Waals surface area contributed by atoms with Crippen LogP contribution in [-0.4, -0.2) is 32.7 Å². The number of halogens is 2. The number of rotatable bonds is 7. The zero-order valence-corrected chi connectivity index (χ0v) is 15.5. The molecule has 0 saturated heterocycles. The van der Waals surface area contributed by atoms with Gasteiger partial charge in [0.15, 0.2) is 0 Å². The third-order valence-corrected chi connectivity index (χ3v) is 4.19. The molecule has 0 aliphatic carbocycles. The lowest BCUT2D eigenvalue weighted by Crippen LogP contribution is -2.30. The first-order valence-corrected chi connectivity index (χ1v) is 8.87. The lowest BCUT2D eigenvalue weighted by Gasteiger charge is -2.20. The Hall–Kier alpha value is -3.13. The van der Waals surface area contributed by atoms with E-state index in [2.05, 4.69) is 25.6 Å². The van der Waals surface area contributed by atoms with Gasteiger partial charge in [-0.1, -0.05) is 26.0 Å². The van der Waals surface area contributed by atoms with Crippen molar-refractivity contribution in [2.24, 2.45) is 5.92 Å². The van der Waals surface area contributed by atoms with Crippen LogP contribution in [0.3, 0.4) is 0 Å². The van der Waals surface area contributed by atoms with Gasteiger partial charge in [-0.3, -0.25) is 4.98 Å². The molecule has 0 bridgehead atoms. The van der Waals surface area contributed by atoms with Crippen molar-refractivity contribution in [1.82, 2.24) is 15.0 Å². The van der Waals surface area contributed by atoms with Crippen LogP contribution in [0.15, 0.2) is 48.7 Å². The van der Waals surface area contributed by atoms with Crippen LogP contribution >= 0.6 is 0 Å². The molecule has 0 radical (unpaired) electrons. The lowest BCUT2D eigenvalue weighted by atomic mass is 10.1. The summed E-state index contributed by atoms with van der Waals surface area (Å²) in [7, 11) is 0. The van der Waals surface area contributed by atoms with Crippen LogP contribution in [0.25, 0.3) is 11.4 Å². The van der Waals surface area contributed by atoms with Crippen LogP contribution < -0.4 is 10.6 Å². The summed E-state index contributed by atoms with van der Waals surface area (Å²) in [5, 5.41) is 15.3. The number of aliphatic hydroxyl groups is 1. The Balaban J connectivity index is 2.02. The van der Waals surface area contributed by atoms with E-state index in [-0.39, 0.29) is 36.0 Å². The maximum Gasteiger partial charge on any atom is 0.225 e. The van der Waals surface area contributed by atoms with E-state index in [0.717, 1.165) is 12.1 Å². The molecule has 0 amide bonds.